The molecule has 0 aliphatic heterocycles. The normalized spacial score (nSPS) is 15.5. The Morgan fingerprint density at radius 2 is 1.67 bits per heavy atom. The van der Waals surface area contributed by atoms with Gasteiger partial charge in [0.05, 0.1) is 18.1 Å². The van der Waals surface area contributed by atoms with Crippen molar-refractivity contribution < 1.29 is 18.8 Å². The first-order valence-electron chi connectivity index (χ1n) is 8.63. The molecule has 0 radical (unpaired) electrons. The average Bonchev–Trinajstić information content (AvgIpc) is 2.41. The van der Waals surface area contributed by atoms with Gasteiger partial charge in [-0.2, -0.15) is 0 Å². The number of hydrogen-bond acceptors (Lipinski definition) is 4. The van der Waals surface area contributed by atoms with Gasteiger partial charge in [-0.1, -0.05) is 48.1 Å². The summed E-state index contributed by atoms with van der Waals surface area (Å²) in [6.45, 7) is 22.1. The highest BCUT2D eigenvalue weighted by Crippen LogP contribution is 2.41. The van der Waals surface area contributed by atoms with Gasteiger partial charge in [-0.25, -0.2) is 0 Å². The Morgan fingerprint density at radius 3 is 2.04 bits per heavy atom. The maximum atomic E-state index is 12.4. The van der Waals surface area contributed by atoms with Crippen LogP contribution in [-0.4, -0.2) is 32.8 Å². The first-order valence-corrected chi connectivity index (χ1v) is 11.5. The van der Waals surface area contributed by atoms with Crippen LogP contribution in [-0.2, 0) is 18.8 Å². The molecule has 140 valence electrons. The number of carbonyl (C=O) groups excluding carboxylic acids is 2. The molecule has 4 nitrogen and oxygen atoms in total. The molecule has 0 fully saturated rings. The van der Waals surface area contributed by atoms with Crippen molar-refractivity contribution in [1.29, 1.82) is 0 Å². The minimum atomic E-state index is -2.04. The third-order valence-corrected chi connectivity index (χ3v) is 9.54. The summed E-state index contributed by atoms with van der Waals surface area (Å²) in [5, 5.41) is 0.0533. The second-order valence-electron chi connectivity index (χ2n) is 8.80. The molecule has 0 heterocycles. The topological polar surface area (TPSA) is 52.6 Å². The van der Waals surface area contributed by atoms with Crippen LogP contribution in [0.3, 0.4) is 0 Å². The van der Waals surface area contributed by atoms with Crippen molar-refractivity contribution in [2.24, 2.45) is 11.3 Å². The molecule has 0 aromatic heterocycles. The van der Waals surface area contributed by atoms with Gasteiger partial charge in [-0.05, 0) is 36.5 Å². The van der Waals surface area contributed by atoms with E-state index in [9.17, 15) is 9.59 Å². The zero-order valence-corrected chi connectivity index (χ0v) is 18.0. The summed E-state index contributed by atoms with van der Waals surface area (Å²) >= 11 is 0. The summed E-state index contributed by atoms with van der Waals surface area (Å²) in [7, 11) is -2.04. The monoisotopic (exact) mass is 356 g/mol. The fourth-order valence-corrected chi connectivity index (χ4v) is 3.59. The first-order chi connectivity index (χ1) is 10.6. The lowest BCUT2D eigenvalue weighted by atomic mass is 9.78. The van der Waals surface area contributed by atoms with E-state index in [0.717, 1.165) is 0 Å². The Kier molecular flexibility index (Phi) is 8.10. The lowest BCUT2D eigenvalue weighted by molar-refractivity contribution is -0.143. The molecular formula is C19H36O4Si. The van der Waals surface area contributed by atoms with E-state index in [0.29, 0.717) is 13.0 Å². The standard InChI is InChI=1S/C19H36O4Si/c1-11-16(21)19(7,8)17(12-14(2)13-22-15(3)20)23-24(9,10)18(4,5)6/h11,14,17H,1,12-13H2,2-10H3/t14-,17-/m1/s1. The van der Waals surface area contributed by atoms with E-state index in [4.69, 9.17) is 9.16 Å². The van der Waals surface area contributed by atoms with Gasteiger partial charge >= 0.3 is 5.97 Å². The molecule has 5 heteroatoms. The molecule has 0 aromatic carbocycles. The Morgan fingerprint density at radius 1 is 1.17 bits per heavy atom. The average molecular weight is 357 g/mol. The van der Waals surface area contributed by atoms with E-state index in [2.05, 4.69) is 40.4 Å². The summed E-state index contributed by atoms with van der Waals surface area (Å²) in [5.74, 6) is -0.198. The molecule has 0 saturated carbocycles. The highest BCUT2D eigenvalue weighted by atomic mass is 28.4. The van der Waals surface area contributed by atoms with Crippen molar-refractivity contribution in [3.8, 4) is 0 Å². The van der Waals surface area contributed by atoms with Gasteiger partial charge in [-0.3, -0.25) is 9.59 Å². The number of esters is 1. The predicted octanol–water partition coefficient (Wildman–Crippen LogP) is 4.75. The van der Waals surface area contributed by atoms with Crippen molar-refractivity contribution in [2.75, 3.05) is 6.61 Å². The van der Waals surface area contributed by atoms with Gasteiger partial charge in [0.15, 0.2) is 14.1 Å². The van der Waals surface area contributed by atoms with Gasteiger partial charge in [0.25, 0.3) is 0 Å². The van der Waals surface area contributed by atoms with Crippen molar-refractivity contribution in [3.05, 3.63) is 12.7 Å². The maximum Gasteiger partial charge on any atom is 0.302 e. The van der Waals surface area contributed by atoms with Crippen LogP contribution >= 0.6 is 0 Å². The summed E-state index contributed by atoms with van der Waals surface area (Å²) < 4.78 is 11.7. The lowest BCUT2D eigenvalue weighted by Gasteiger charge is -2.44. The molecule has 2 atom stereocenters. The lowest BCUT2D eigenvalue weighted by Crippen LogP contribution is -2.50. The minimum Gasteiger partial charge on any atom is -0.466 e. The highest BCUT2D eigenvalue weighted by molar-refractivity contribution is 6.74. The van der Waals surface area contributed by atoms with E-state index in [-0.39, 0.29) is 28.8 Å². The molecule has 24 heavy (non-hydrogen) atoms. The first kappa shape index (κ1) is 23.1. The van der Waals surface area contributed by atoms with Crippen molar-refractivity contribution in [3.63, 3.8) is 0 Å². The molecule has 0 bridgehead atoms. The van der Waals surface area contributed by atoms with Crippen LogP contribution in [0.25, 0.3) is 0 Å². The Hall–Kier alpha value is -0.943. The highest BCUT2D eigenvalue weighted by Gasteiger charge is 2.45. The van der Waals surface area contributed by atoms with Gasteiger partial charge in [-0.15, -0.1) is 0 Å². The molecule has 0 aliphatic rings. The minimum absolute atomic E-state index is 0.0223. The van der Waals surface area contributed by atoms with Crippen LogP contribution in [0.15, 0.2) is 12.7 Å². The fourth-order valence-electron chi connectivity index (χ4n) is 2.14. The molecule has 0 saturated heterocycles. The van der Waals surface area contributed by atoms with E-state index in [1.165, 1.54) is 13.0 Å². The zero-order valence-electron chi connectivity index (χ0n) is 17.0. The third-order valence-electron chi connectivity index (χ3n) is 5.06. The summed E-state index contributed by atoms with van der Waals surface area (Å²) in [4.78, 5) is 23.4. The number of rotatable bonds is 9. The van der Waals surface area contributed by atoms with E-state index in [1.807, 2.05) is 20.8 Å². The molecule has 0 spiro atoms. The Labute approximate surface area is 149 Å². The third kappa shape index (κ3) is 6.52. The van der Waals surface area contributed by atoms with Crippen molar-refractivity contribution in [1.82, 2.24) is 0 Å². The number of ether oxygens (including phenoxy) is 1. The number of allylic oxidation sites excluding steroid dienone is 1. The molecule has 0 amide bonds. The number of carbonyl (C=O) groups is 2. The second kappa shape index (κ2) is 8.43. The van der Waals surface area contributed by atoms with Crippen LogP contribution < -0.4 is 0 Å². The predicted molar refractivity (Wildman–Crippen MR) is 101 cm³/mol. The van der Waals surface area contributed by atoms with Crippen molar-refractivity contribution in [2.45, 2.75) is 79.1 Å². The Balaban J connectivity index is 5.42. The summed E-state index contributed by atoms with van der Waals surface area (Å²) in [6, 6.07) is 0. The molecule has 0 N–H and O–H groups in total. The van der Waals surface area contributed by atoms with Crippen molar-refractivity contribution >= 4 is 20.1 Å². The van der Waals surface area contributed by atoms with Gasteiger partial charge in [0.1, 0.15) is 0 Å². The van der Waals surface area contributed by atoms with E-state index >= 15 is 0 Å². The molecule has 0 aliphatic carbocycles. The zero-order chi connectivity index (χ0) is 19.3. The van der Waals surface area contributed by atoms with Gasteiger partial charge in [0.2, 0.25) is 0 Å². The molecule has 0 aromatic rings. The molecular weight excluding hydrogens is 320 g/mol. The quantitative estimate of drug-likeness (QED) is 0.340. The maximum absolute atomic E-state index is 12.4. The largest absolute Gasteiger partial charge is 0.466 e. The van der Waals surface area contributed by atoms with E-state index in [1.54, 1.807) is 0 Å². The molecule has 0 rings (SSSR count). The van der Waals surface area contributed by atoms with Crippen LogP contribution in [0.5, 0.6) is 0 Å². The Bertz CT molecular complexity index is 460. The van der Waals surface area contributed by atoms with Crippen LogP contribution in [0.2, 0.25) is 18.1 Å². The number of hydrogen-bond donors (Lipinski definition) is 0. The van der Waals surface area contributed by atoms with Crippen LogP contribution in [0, 0.1) is 11.3 Å². The molecule has 0 unspecified atom stereocenters. The van der Waals surface area contributed by atoms with E-state index < -0.39 is 13.7 Å². The fraction of sp³-hybridized carbons (Fsp3) is 0.789. The van der Waals surface area contributed by atoms with Gasteiger partial charge in [0, 0.05) is 6.92 Å². The summed E-state index contributed by atoms with van der Waals surface area (Å²) in [6.07, 6.45) is 1.79. The number of ketones is 1. The van der Waals surface area contributed by atoms with Gasteiger partial charge < -0.3 is 9.16 Å². The smallest absolute Gasteiger partial charge is 0.302 e. The van der Waals surface area contributed by atoms with Crippen LogP contribution in [0.1, 0.15) is 54.9 Å². The second-order valence-corrected chi connectivity index (χ2v) is 13.6. The van der Waals surface area contributed by atoms with Crippen LogP contribution in [0.4, 0.5) is 0 Å². The SMILES string of the molecule is C=CC(=O)C(C)(C)[C@@H](C[C@@H](C)COC(C)=O)O[Si](C)(C)C(C)(C)C. The summed E-state index contributed by atoms with van der Waals surface area (Å²) in [5.41, 5.74) is -0.665.